The van der Waals surface area contributed by atoms with Crippen molar-refractivity contribution in [3.63, 3.8) is 0 Å². The van der Waals surface area contributed by atoms with Crippen LogP contribution in [0, 0.1) is 17.7 Å². The maximum atomic E-state index is 13.1. The Labute approximate surface area is 121 Å². The van der Waals surface area contributed by atoms with E-state index in [4.69, 9.17) is 0 Å². The molecule has 2 rings (SSSR count). The quantitative estimate of drug-likeness (QED) is 0.868. The number of hydrogen-bond acceptors (Lipinski definition) is 3. The van der Waals surface area contributed by atoms with Crippen molar-refractivity contribution in [1.29, 1.82) is 0 Å². The number of nitrogens with one attached hydrogen (secondary N) is 1. The second-order valence-corrected chi connectivity index (χ2v) is 6.28. The predicted octanol–water partition coefficient (Wildman–Crippen LogP) is 2.68. The highest BCUT2D eigenvalue weighted by molar-refractivity contribution is 5.10. The van der Waals surface area contributed by atoms with E-state index < -0.39 is 0 Å². The van der Waals surface area contributed by atoms with Crippen LogP contribution in [0.2, 0.25) is 0 Å². The van der Waals surface area contributed by atoms with Gasteiger partial charge in [-0.1, -0.05) is 13.8 Å². The molecule has 0 radical (unpaired) electrons. The average Bonchev–Trinajstić information content (AvgIpc) is 2.40. The van der Waals surface area contributed by atoms with E-state index in [1.807, 2.05) is 0 Å². The van der Waals surface area contributed by atoms with Gasteiger partial charge >= 0.3 is 0 Å². The summed E-state index contributed by atoms with van der Waals surface area (Å²) in [6.45, 7) is 9.74. The maximum absolute atomic E-state index is 13.1. The lowest BCUT2D eigenvalue weighted by Gasteiger charge is -2.32. The highest BCUT2D eigenvalue weighted by Crippen LogP contribution is 2.18. The molecule has 20 heavy (non-hydrogen) atoms. The van der Waals surface area contributed by atoms with Crippen molar-refractivity contribution in [3.8, 4) is 0 Å². The Balaban J connectivity index is 1.69. The fraction of sp³-hybridized carbons (Fsp3) is 0.688. The summed E-state index contributed by atoms with van der Waals surface area (Å²) in [6, 6.07) is 1.59. The minimum absolute atomic E-state index is 0.240. The molecule has 0 bridgehead atoms. The average molecular weight is 279 g/mol. The number of aromatic nitrogens is 1. The minimum Gasteiger partial charge on any atom is -0.316 e. The number of hydrogen-bond donors (Lipinski definition) is 1. The van der Waals surface area contributed by atoms with Crippen LogP contribution in [0.5, 0.6) is 0 Å². The van der Waals surface area contributed by atoms with Gasteiger partial charge in [-0.15, -0.1) is 0 Å². The fourth-order valence-electron chi connectivity index (χ4n) is 2.73. The second-order valence-electron chi connectivity index (χ2n) is 6.28. The molecule has 0 amide bonds. The predicted molar refractivity (Wildman–Crippen MR) is 79.9 cm³/mol. The summed E-state index contributed by atoms with van der Waals surface area (Å²) in [5, 5.41) is 3.55. The molecule has 1 saturated heterocycles. The van der Waals surface area contributed by atoms with Crippen molar-refractivity contribution in [2.24, 2.45) is 11.8 Å². The number of pyridine rings is 1. The summed E-state index contributed by atoms with van der Waals surface area (Å²) in [5.41, 5.74) is 0.974. The molecule has 3 nitrogen and oxygen atoms in total. The summed E-state index contributed by atoms with van der Waals surface area (Å²) in [6.07, 6.45) is 5.48. The molecule has 0 atom stereocenters. The van der Waals surface area contributed by atoms with Gasteiger partial charge in [-0.3, -0.25) is 9.88 Å². The Morgan fingerprint density at radius 3 is 2.75 bits per heavy atom. The third-order valence-electron chi connectivity index (χ3n) is 3.86. The molecule has 0 saturated carbocycles. The van der Waals surface area contributed by atoms with E-state index in [-0.39, 0.29) is 5.82 Å². The maximum Gasteiger partial charge on any atom is 0.141 e. The van der Waals surface area contributed by atoms with E-state index in [0.29, 0.717) is 0 Å². The molecular formula is C16H26FN3. The monoisotopic (exact) mass is 279 g/mol. The number of halogens is 1. The molecule has 1 fully saturated rings. The van der Waals surface area contributed by atoms with Crippen LogP contribution in [0.3, 0.4) is 0 Å². The van der Waals surface area contributed by atoms with E-state index in [1.54, 1.807) is 12.3 Å². The first-order chi connectivity index (χ1) is 9.63. The standard InChI is InChI=1S/C16H26FN3/c1-13(2)8-18-9-14-3-5-20(6-4-14)12-15-7-16(17)11-19-10-15/h7,10-11,13-14,18H,3-6,8-9,12H2,1-2H3. The molecule has 0 spiro atoms. The first-order valence-electron chi connectivity index (χ1n) is 7.66. The van der Waals surface area contributed by atoms with Crippen molar-refractivity contribution >= 4 is 0 Å². The van der Waals surface area contributed by atoms with Gasteiger partial charge in [0.05, 0.1) is 6.20 Å². The smallest absolute Gasteiger partial charge is 0.141 e. The highest BCUT2D eigenvalue weighted by atomic mass is 19.1. The third-order valence-corrected chi connectivity index (χ3v) is 3.86. The van der Waals surface area contributed by atoms with Crippen LogP contribution in [0.1, 0.15) is 32.3 Å². The Morgan fingerprint density at radius 2 is 2.10 bits per heavy atom. The van der Waals surface area contributed by atoms with Crippen molar-refractivity contribution in [2.45, 2.75) is 33.2 Å². The van der Waals surface area contributed by atoms with Gasteiger partial charge in [0.1, 0.15) is 5.82 Å². The molecule has 2 heterocycles. The first-order valence-corrected chi connectivity index (χ1v) is 7.66. The van der Waals surface area contributed by atoms with Gasteiger partial charge in [0, 0.05) is 12.7 Å². The lowest BCUT2D eigenvalue weighted by Crippen LogP contribution is -2.37. The van der Waals surface area contributed by atoms with E-state index in [1.165, 1.54) is 19.0 Å². The van der Waals surface area contributed by atoms with Gasteiger partial charge in [0.2, 0.25) is 0 Å². The van der Waals surface area contributed by atoms with Crippen LogP contribution < -0.4 is 5.32 Å². The van der Waals surface area contributed by atoms with E-state index in [9.17, 15) is 4.39 Å². The summed E-state index contributed by atoms with van der Waals surface area (Å²) in [4.78, 5) is 6.31. The summed E-state index contributed by atoms with van der Waals surface area (Å²) >= 11 is 0. The molecule has 1 aliphatic heterocycles. The molecule has 0 unspecified atom stereocenters. The molecule has 1 aliphatic rings. The Kier molecular flexibility index (Phi) is 5.92. The van der Waals surface area contributed by atoms with Gasteiger partial charge in [-0.05, 0) is 62.5 Å². The zero-order valence-electron chi connectivity index (χ0n) is 12.6. The van der Waals surface area contributed by atoms with Crippen molar-refractivity contribution in [1.82, 2.24) is 15.2 Å². The SMILES string of the molecule is CC(C)CNCC1CCN(Cc2cncc(F)c2)CC1. The van der Waals surface area contributed by atoms with Crippen LogP contribution in [-0.4, -0.2) is 36.1 Å². The van der Waals surface area contributed by atoms with Crippen molar-refractivity contribution < 1.29 is 4.39 Å². The van der Waals surface area contributed by atoms with Crippen LogP contribution in [0.25, 0.3) is 0 Å². The fourth-order valence-corrected chi connectivity index (χ4v) is 2.73. The summed E-state index contributed by atoms with van der Waals surface area (Å²) in [5.74, 6) is 1.27. The molecular weight excluding hydrogens is 253 g/mol. The molecule has 0 aromatic carbocycles. The number of rotatable bonds is 6. The van der Waals surface area contributed by atoms with Crippen LogP contribution >= 0.6 is 0 Å². The van der Waals surface area contributed by atoms with Gasteiger partial charge < -0.3 is 5.32 Å². The Hall–Kier alpha value is -1.00. The van der Waals surface area contributed by atoms with Gasteiger partial charge in [-0.25, -0.2) is 4.39 Å². The molecule has 1 N–H and O–H groups in total. The Bertz CT molecular complexity index is 400. The van der Waals surface area contributed by atoms with Crippen LogP contribution in [-0.2, 0) is 6.54 Å². The lowest BCUT2D eigenvalue weighted by atomic mass is 9.96. The van der Waals surface area contributed by atoms with Gasteiger partial charge in [-0.2, -0.15) is 0 Å². The second kappa shape index (κ2) is 7.70. The zero-order valence-corrected chi connectivity index (χ0v) is 12.6. The zero-order chi connectivity index (χ0) is 14.4. The highest BCUT2D eigenvalue weighted by Gasteiger charge is 2.19. The molecule has 112 valence electrons. The molecule has 1 aromatic heterocycles. The van der Waals surface area contributed by atoms with E-state index in [0.717, 1.165) is 50.1 Å². The number of piperidine rings is 1. The van der Waals surface area contributed by atoms with Gasteiger partial charge in [0.25, 0.3) is 0 Å². The topological polar surface area (TPSA) is 28.2 Å². The summed E-state index contributed by atoms with van der Waals surface area (Å²) < 4.78 is 13.1. The largest absolute Gasteiger partial charge is 0.316 e. The lowest BCUT2D eigenvalue weighted by molar-refractivity contribution is 0.174. The van der Waals surface area contributed by atoms with Crippen LogP contribution in [0.15, 0.2) is 18.5 Å². The van der Waals surface area contributed by atoms with Crippen molar-refractivity contribution in [3.05, 3.63) is 29.8 Å². The Morgan fingerprint density at radius 1 is 1.35 bits per heavy atom. The normalized spacial score (nSPS) is 17.8. The molecule has 4 heteroatoms. The molecule has 0 aliphatic carbocycles. The minimum atomic E-state index is -0.240. The first kappa shape index (κ1) is 15.4. The van der Waals surface area contributed by atoms with Gasteiger partial charge in [0.15, 0.2) is 0 Å². The summed E-state index contributed by atoms with van der Waals surface area (Å²) in [7, 11) is 0. The van der Waals surface area contributed by atoms with Crippen LogP contribution in [0.4, 0.5) is 4.39 Å². The molecule has 1 aromatic rings. The van der Waals surface area contributed by atoms with E-state index >= 15 is 0 Å². The number of likely N-dealkylation sites (tertiary alicyclic amines) is 1. The van der Waals surface area contributed by atoms with E-state index in [2.05, 4.69) is 29.0 Å². The van der Waals surface area contributed by atoms with Crippen molar-refractivity contribution in [2.75, 3.05) is 26.2 Å². The number of nitrogens with zero attached hydrogens (tertiary/aromatic N) is 2. The third kappa shape index (κ3) is 5.17.